The fourth-order valence-corrected chi connectivity index (χ4v) is 2.50. The molecule has 24 heavy (non-hydrogen) atoms. The molecule has 0 bridgehead atoms. The average Bonchev–Trinajstić information content (AvgIpc) is 2.57. The normalized spacial score (nSPS) is 10.7. The Morgan fingerprint density at radius 3 is 2.29 bits per heavy atom. The van der Waals surface area contributed by atoms with E-state index in [2.05, 4.69) is 36.5 Å². The lowest BCUT2D eigenvalue weighted by Crippen LogP contribution is -2.35. The first-order chi connectivity index (χ1) is 11.6. The molecule has 4 nitrogen and oxygen atoms in total. The Balaban J connectivity index is 1.69. The number of benzene rings is 2. The van der Waals surface area contributed by atoms with Crippen LogP contribution in [0.3, 0.4) is 0 Å². The van der Waals surface area contributed by atoms with Crippen molar-refractivity contribution in [1.82, 2.24) is 10.2 Å². The maximum atomic E-state index is 12.0. The van der Waals surface area contributed by atoms with Gasteiger partial charge in [0.15, 0.2) is 0 Å². The van der Waals surface area contributed by atoms with E-state index in [-0.39, 0.29) is 5.91 Å². The van der Waals surface area contributed by atoms with Gasteiger partial charge in [0.2, 0.25) is 5.91 Å². The van der Waals surface area contributed by atoms with Gasteiger partial charge in [-0.2, -0.15) is 0 Å². The number of hydrogen-bond donors (Lipinski definition) is 1. The van der Waals surface area contributed by atoms with E-state index in [1.54, 1.807) is 7.11 Å². The summed E-state index contributed by atoms with van der Waals surface area (Å²) in [5.74, 6) is 0.902. The van der Waals surface area contributed by atoms with Gasteiger partial charge in [-0.25, -0.2) is 0 Å². The van der Waals surface area contributed by atoms with E-state index in [1.165, 1.54) is 16.7 Å². The highest BCUT2D eigenvalue weighted by molar-refractivity contribution is 5.77. The number of nitrogens with one attached hydrogen (secondary N) is 1. The number of likely N-dealkylation sites (N-methyl/N-ethyl adjacent to an activating group) is 1. The molecule has 0 radical (unpaired) electrons. The average molecular weight is 326 g/mol. The molecule has 0 saturated heterocycles. The summed E-state index contributed by atoms with van der Waals surface area (Å²) in [6, 6.07) is 16.3. The lowest BCUT2D eigenvalue weighted by Gasteiger charge is -2.16. The molecule has 1 amide bonds. The topological polar surface area (TPSA) is 41.6 Å². The van der Waals surface area contributed by atoms with Crippen molar-refractivity contribution >= 4 is 5.91 Å². The monoisotopic (exact) mass is 326 g/mol. The molecule has 0 atom stereocenters. The largest absolute Gasteiger partial charge is 0.497 e. The molecule has 1 N–H and O–H groups in total. The predicted octanol–water partition coefficient (Wildman–Crippen LogP) is 2.79. The van der Waals surface area contributed by atoms with Crippen LogP contribution in [-0.2, 0) is 17.8 Å². The molecule has 0 aromatic heterocycles. The molecular weight excluding hydrogens is 300 g/mol. The molecule has 0 unspecified atom stereocenters. The van der Waals surface area contributed by atoms with E-state index < -0.39 is 0 Å². The van der Waals surface area contributed by atoms with E-state index in [9.17, 15) is 4.79 Å². The second-order valence-corrected chi connectivity index (χ2v) is 6.11. The van der Waals surface area contributed by atoms with Crippen LogP contribution in [0.25, 0.3) is 0 Å². The van der Waals surface area contributed by atoms with Crippen LogP contribution < -0.4 is 10.1 Å². The smallest absolute Gasteiger partial charge is 0.234 e. The molecule has 0 heterocycles. The summed E-state index contributed by atoms with van der Waals surface area (Å²) in [6.45, 7) is 3.88. The van der Waals surface area contributed by atoms with Crippen LogP contribution in [0, 0.1) is 6.92 Å². The zero-order valence-corrected chi connectivity index (χ0v) is 14.7. The van der Waals surface area contributed by atoms with E-state index in [0.717, 1.165) is 18.7 Å². The van der Waals surface area contributed by atoms with Crippen LogP contribution in [0.15, 0.2) is 48.5 Å². The minimum Gasteiger partial charge on any atom is -0.497 e. The fourth-order valence-electron chi connectivity index (χ4n) is 2.50. The summed E-state index contributed by atoms with van der Waals surface area (Å²) in [4.78, 5) is 14.0. The molecule has 0 saturated carbocycles. The van der Waals surface area contributed by atoms with Crippen molar-refractivity contribution in [3.63, 3.8) is 0 Å². The lowest BCUT2D eigenvalue weighted by molar-refractivity contribution is -0.122. The summed E-state index contributed by atoms with van der Waals surface area (Å²) < 4.78 is 5.14. The third-order valence-electron chi connectivity index (χ3n) is 3.88. The Kier molecular flexibility index (Phi) is 6.82. The molecule has 0 spiro atoms. The van der Waals surface area contributed by atoms with Crippen LogP contribution in [-0.4, -0.2) is 38.1 Å². The number of rotatable bonds is 8. The van der Waals surface area contributed by atoms with Gasteiger partial charge in [0.25, 0.3) is 0 Å². The first kappa shape index (κ1) is 18.0. The number of methoxy groups -OCH3 is 1. The number of hydrogen-bond acceptors (Lipinski definition) is 3. The van der Waals surface area contributed by atoms with Crippen LogP contribution in [0.2, 0.25) is 0 Å². The Labute approximate surface area is 144 Å². The molecule has 0 aliphatic rings. The van der Waals surface area contributed by atoms with E-state index >= 15 is 0 Å². The first-order valence-corrected chi connectivity index (χ1v) is 8.20. The molecule has 2 aromatic carbocycles. The van der Waals surface area contributed by atoms with Gasteiger partial charge < -0.3 is 10.1 Å². The summed E-state index contributed by atoms with van der Waals surface area (Å²) in [7, 11) is 3.62. The summed E-state index contributed by atoms with van der Waals surface area (Å²) in [6.07, 6.45) is 0.817. The standard InChI is InChI=1S/C20H26N2O2/c1-16-4-6-18(7-5-16)14-22(2)15-20(23)21-13-12-17-8-10-19(24-3)11-9-17/h4-11H,12-15H2,1-3H3,(H,21,23). The number of amides is 1. The maximum Gasteiger partial charge on any atom is 0.234 e. The molecular formula is C20H26N2O2. The fraction of sp³-hybridized carbons (Fsp3) is 0.350. The summed E-state index contributed by atoms with van der Waals surface area (Å²) in [5.41, 5.74) is 3.65. The SMILES string of the molecule is COc1ccc(CCNC(=O)CN(C)Cc2ccc(C)cc2)cc1. The highest BCUT2D eigenvalue weighted by atomic mass is 16.5. The summed E-state index contributed by atoms with van der Waals surface area (Å²) >= 11 is 0. The molecule has 0 aliphatic heterocycles. The van der Waals surface area contributed by atoms with Gasteiger partial charge in [-0.05, 0) is 43.7 Å². The van der Waals surface area contributed by atoms with Gasteiger partial charge in [0.05, 0.1) is 13.7 Å². The second-order valence-electron chi connectivity index (χ2n) is 6.11. The highest BCUT2D eigenvalue weighted by Crippen LogP contribution is 2.11. The number of nitrogens with zero attached hydrogens (tertiary/aromatic N) is 1. The van der Waals surface area contributed by atoms with Gasteiger partial charge in [-0.3, -0.25) is 9.69 Å². The zero-order valence-electron chi connectivity index (χ0n) is 14.7. The third kappa shape index (κ3) is 6.05. The van der Waals surface area contributed by atoms with Crippen LogP contribution in [0.4, 0.5) is 0 Å². The van der Waals surface area contributed by atoms with Gasteiger partial charge in [0.1, 0.15) is 5.75 Å². The number of ether oxygens (including phenoxy) is 1. The van der Waals surface area contributed by atoms with Gasteiger partial charge >= 0.3 is 0 Å². The molecule has 0 aliphatic carbocycles. The predicted molar refractivity (Wildman–Crippen MR) is 97.2 cm³/mol. The second kappa shape index (κ2) is 9.08. The number of carbonyl (C=O) groups excluding carboxylic acids is 1. The Morgan fingerprint density at radius 1 is 1.04 bits per heavy atom. The van der Waals surface area contributed by atoms with Crippen molar-refractivity contribution < 1.29 is 9.53 Å². The highest BCUT2D eigenvalue weighted by Gasteiger charge is 2.07. The molecule has 2 aromatic rings. The molecule has 4 heteroatoms. The Bertz CT molecular complexity index is 636. The van der Waals surface area contributed by atoms with Crippen molar-refractivity contribution in [3.05, 3.63) is 65.2 Å². The van der Waals surface area contributed by atoms with Crippen molar-refractivity contribution in [2.75, 3.05) is 27.2 Å². The van der Waals surface area contributed by atoms with Crippen LogP contribution in [0.1, 0.15) is 16.7 Å². The van der Waals surface area contributed by atoms with Gasteiger partial charge in [0, 0.05) is 13.1 Å². The summed E-state index contributed by atoms with van der Waals surface area (Å²) in [5, 5.41) is 2.97. The van der Waals surface area contributed by atoms with Crippen molar-refractivity contribution in [2.24, 2.45) is 0 Å². The minimum atomic E-state index is 0.0538. The van der Waals surface area contributed by atoms with Crippen molar-refractivity contribution in [1.29, 1.82) is 0 Å². The molecule has 128 valence electrons. The van der Waals surface area contributed by atoms with Crippen molar-refractivity contribution in [2.45, 2.75) is 19.9 Å². The third-order valence-corrected chi connectivity index (χ3v) is 3.88. The molecule has 0 fully saturated rings. The Morgan fingerprint density at radius 2 is 1.67 bits per heavy atom. The van der Waals surface area contributed by atoms with Gasteiger partial charge in [-0.15, -0.1) is 0 Å². The first-order valence-electron chi connectivity index (χ1n) is 8.20. The quantitative estimate of drug-likeness (QED) is 0.811. The lowest BCUT2D eigenvalue weighted by atomic mass is 10.1. The van der Waals surface area contributed by atoms with Crippen LogP contribution >= 0.6 is 0 Å². The zero-order chi connectivity index (χ0) is 17.4. The maximum absolute atomic E-state index is 12.0. The van der Waals surface area contributed by atoms with E-state index in [4.69, 9.17) is 4.74 Å². The minimum absolute atomic E-state index is 0.0538. The van der Waals surface area contributed by atoms with Crippen molar-refractivity contribution in [3.8, 4) is 5.75 Å². The molecule has 2 rings (SSSR count). The van der Waals surface area contributed by atoms with E-state index in [0.29, 0.717) is 13.1 Å². The van der Waals surface area contributed by atoms with Crippen LogP contribution in [0.5, 0.6) is 5.75 Å². The van der Waals surface area contributed by atoms with E-state index in [1.807, 2.05) is 36.2 Å². The number of aryl methyl sites for hydroxylation is 1. The van der Waals surface area contributed by atoms with Gasteiger partial charge in [-0.1, -0.05) is 42.0 Å². The Hall–Kier alpha value is -2.33. The number of carbonyl (C=O) groups is 1.